The van der Waals surface area contributed by atoms with Gasteiger partial charge in [0.2, 0.25) is 5.91 Å². The van der Waals surface area contributed by atoms with Gasteiger partial charge in [-0.3, -0.25) is 9.69 Å². The number of rotatable bonds is 3. The summed E-state index contributed by atoms with van der Waals surface area (Å²) < 4.78 is 18.8. The molecule has 3 atom stereocenters. The van der Waals surface area contributed by atoms with Crippen LogP contribution in [0.25, 0.3) is 0 Å². The summed E-state index contributed by atoms with van der Waals surface area (Å²) in [7, 11) is 0. The van der Waals surface area contributed by atoms with Gasteiger partial charge >= 0.3 is 0 Å². The number of likely N-dealkylation sites (tertiary alicyclic amines) is 1. The molecule has 0 unspecified atom stereocenters. The summed E-state index contributed by atoms with van der Waals surface area (Å²) in [5.74, 6) is 0.557. The van der Waals surface area contributed by atoms with Crippen LogP contribution >= 0.6 is 0 Å². The largest absolute Gasteiger partial charge is 0.449 e. The van der Waals surface area contributed by atoms with Crippen LogP contribution in [0, 0.1) is 12.7 Å². The predicted molar refractivity (Wildman–Crippen MR) is 94.7 cm³/mol. The first-order valence-corrected chi connectivity index (χ1v) is 9.32. The lowest BCUT2D eigenvalue weighted by atomic mass is 9.97. The van der Waals surface area contributed by atoms with Crippen molar-refractivity contribution < 1.29 is 13.6 Å². The minimum Gasteiger partial charge on any atom is -0.449 e. The summed E-state index contributed by atoms with van der Waals surface area (Å²) in [6, 6.07) is 7.21. The van der Waals surface area contributed by atoms with Crippen molar-refractivity contribution in [3.05, 3.63) is 53.5 Å². The number of benzene rings is 1. The van der Waals surface area contributed by atoms with Gasteiger partial charge < -0.3 is 9.73 Å². The van der Waals surface area contributed by atoms with Crippen molar-refractivity contribution in [2.24, 2.45) is 0 Å². The molecular weight excluding hydrogens is 333 g/mol. The third kappa shape index (κ3) is 3.51. The maximum Gasteiger partial charge on any atom is 0.220 e. The van der Waals surface area contributed by atoms with Crippen LogP contribution in [0.15, 0.2) is 34.9 Å². The number of hydrogen-bond donors (Lipinski definition) is 1. The zero-order valence-corrected chi connectivity index (χ0v) is 15.0. The standard InChI is InChI=1S/C20H24FN3O2/c1-13-22-16(12-26-13)11-24-18-4-2-3-5-20(25)23-17(18)10-19(24)14-6-8-15(21)9-7-14/h6-9,12,17-19H,2-5,10-11H2,1H3,(H,23,25)/t17-,18+,19+/m1/s1. The highest BCUT2D eigenvalue weighted by Crippen LogP contribution is 2.40. The summed E-state index contributed by atoms with van der Waals surface area (Å²) >= 11 is 0. The Bertz CT molecular complexity index is 774. The van der Waals surface area contributed by atoms with Gasteiger partial charge in [0, 0.05) is 38.0 Å². The molecule has 4 rings (SSSR count). The van der Waals surface area contributed by atoms with Gasteiger partial charge in [-0.05, 0) is 37.0 Å². The first-order valence-electron chi connectivity index (χ1n) is 9.32. The number of nitrogens with one attached hydrogen (secondary N) is 1. The summed E-state index contributed by atoms with van der Waals surface area (Å²) in [5, 5.41) is 3.21. The number of nitrogens with zero attached hydrogens (tertiary/aromatic N) is 2. The van der Waals surface area contributed by atoms with E-state index in [0.717, 1.165) is 36.9 Å². The molecule has 0 spiro atoms. The highest BCUT2D eigenvalue weighted by molar-refractivity contribution is 5.76. The van der Waals surface area contributed by atoms with E-state index < -0.39 is 0 Å². The summed E-state index contributed by atoms with van der Waals surface area (Å²) in [6.07, 6.45) is 6.14. The predicted octanol–water partition coefficient (Wildman–Crippen LogP) is 3.50. The molecule has 1 N–H and O–H groups in total. The Labute approximate surface area is 152 Å². The van der Waals surface area contributed by atoms with Gasteiger partial charge in [0.1, 0.15) is 12.1 Å². The molecule has 0 saturated carbocycles. The number of oxazole rings is 1. The second-order valence-electron chi connectivity index (χ2n) is 7.32. The molecule has 2 aromatic rings. The van der Waals surface area contributed by atoms with Crippen LogP contribution < -0.4 is 5.32 Å². The number of aryl methyl sites for hydroxylation is 1. The highest BCUT2D eigenvalue weighted by Gasteiger charge is 2.42. The number of carbonyl (C=O) groups excluding carboxylic acids is 1. The lowest BCUT2D eigenvalue weighted by molar-refractivity contribution is -0.122. The van der Waals surface area contributed by atoms with Gasteiger partial charge in [-0.25, -0.2) is 9.37 Å². The Kier molecular flexibility index (Phi) is 4.76. The summed E-state index contributed by atoms with van der Waals surface area (Å²) in [5.41, 5.74) is 1.97. The molecule has 138 valence electrons. The second kappa shape index (κ2) is 7.19. The van der Waals surface area contributed by atoms with Crippen LogP contribution in [-0.4, -0.2) is 27.9 Å². The van der Waals surface area contributed by atoms with E-state index in [9.17, 15) is 9.18 Å². The average molecular weight is 357 g/mol. The molecule has 0 radical (unpaired) electrons. The lowest BCUT2D eigenvalue weighted by Gasteiger charge is -2.32. The van der Waals surface area contributed by atoms with Gasteiger partial charge in [-0.2, -0.15) is 0 Å². The van der Waals surface area contributed by atoms with Crippen LogP contribution in [0.4, 0.5) is 4.39 Å². The van der Waals surface area contributed by atoms with Gasteiger partial charge in [0.25, 0.3) is 0 Å². The summed E-state index contributed by atoms with van der Waals surface area (Å²) in [4.78, 5) is 19.0. The number of aromatic nitrogens is 1. The maximum absolute atomic E-state index is 13.4. The third-order valence-corrected chi connectivity index (χ3v) is 5.53. The number of hydrogen-bond acceptors (Lipinski definition) is 4. The molecule has 1 aromatic heterocycles. The smallest absolute Gasteiger partial charge is 0.220 e. The second-order valence-corrected chi connectivity index (χ2v) is 7.32. The Balaban J connectivity index is 1.65. The topological polar surface area (TPSA) is 58.4 Å². The molecule has 26 heavy (non-hydrogen) atoms. The van der Waals surface area contributed by atoms with Crippen LogP contribution in [0.1, 0.15) is 55.3 Å². The minimum absolute atomic E-state index is 0.117. The quantitative estimate of drug-likeness (QED) is 0.913. The zero-order valence-electron chi connectivity index (χ0n) is 15.0. The Morgan fingerprint density at radius 1 is 1.31 bits per heavy atom. The van der Waals surface area contributed by atoms with E-state index in [2.05, 4.69) is 15.2 Å². The molecule has 2 aliphatic heterocycles. The van der Waals surface area contributed by atoms with Crippen molar-refractivity contribution >= 4 is 5.91 Å². The molecule has 0 bridgehead atoms. The molecule has 2 aliphatic rings. The fourth-order valence-electron chi connectivity index (χ4n) is 4.34. The third-order valence-electron chi connectivity index (χ3n) is 5.53. The van der Waals surface area contributed by atoms with E-state index >= 15 is 0 Å². The first-order chi connectivity index (χ1) is 12.6. The average Bonchev–Trinajstić information content (AvgIpc) is 3.15. The van der Waals surface area contributed by atoms with Crippen molar-refractivity contribution in [1.82, 2.24) is 15.2 Å². The van der Waals surface area contributed by atoms with E-state index in [4.69, 9.17) is 4.42 Å². The van der Waals surface area contributed by atoms with Crippen LogP contribution in [0.2, 0.25) is 0 Å². The van der Waals surface area contributed by atoms with Gasteiger partial charge in [0.15, 0.2) is 5.89 Å². The van der Waals surface area contributed by atoms with E-state index in [0.29, 0.717) is 18.9 Å². The molecule has 1 aromatic carbocycles. The lowest BCUT2D eigenvalue weighted by Crippen LogP contribution is -2.46. The molecule has 5 nitrogen and oxygen atoms in total. The Hall–Kier alpha value is -2.21. The molecule has 6 heteroatoms. The molecular formula is C20H24FN3O2. The molecule has 0 aliphatic carbocycles. The molecule has 3 heterocycles. The number of carbonyl (C=O) groups is 1. The molecule has 2 fully saturated rings. The van der Waals surface area contributed by atoms with E-state index in [1.54, 1.807) is 6.26 Å². The monoisotopic (exact) mass is 357 g/mol. The Morgan fingerprint density at radius 2 is 2.12 bits per heavy atom. The van der Waals surface area contributed by atoms with E-state index in [1.807, 2.05) is 19.1 Å². The SMILES string of the molecule is Cc1nc(CN2[C@H](c3ccc(F)cc3)C[C@H]3NC(=O)CCCC[C@@H]32)co1. The van der Waals surface area contributed by atoms with E-state index in [1.165, 1.54) is 12.1 Å². The molecule has 1 amide bonds. The highest BCUT2D eigenvalue weighted by atomic mass is 19.1. The summed E-state index contributed by atoms with van der Waals surface area (Å²) in [6.45, 7) is 2.50. The van der Waals surface area contributed by atoms with Crippen molar-refractivity contribution in [2.45, 2.75) is 63.7 Å². The number of halogens is 1. The van der Waals surface area contributed by atoms with Gasteiger partial charge in [-0.15, -0.1) is 0 Å². The van der Waals surface area contributed by atoms with Gasteiger partial charge in [-0.1, -0.05) is 18.6 Å². The number of amides is 1. The first kappa shape index (κ1) is 17.2. The van der Waals surface area contributed by atoms with Crippen molar-refractivity contribution in [3.63, 3.8) is 0 Å². The Morgan fingerprint density at radius 3 is 2.85 bits per heavy atom. The zero-order chi connectivity index (χ0) is 18.1. The normalized spacial score (nSPS) is 26.8. The van der Waals surface area contributed by atoms with Crippen molar-refractivity contribution in [1.29, 1.82) is 0 Å². The minimum atomic E-state index is -0.232. The fraction of sp³-hybridized carbons (Fsp3) is 0.500. The van der Waals surface area contributed by atoms with E-state index in [-0.39, 0.29) is 29.8 Å². The van der Waals surface area contributed by atoms with Crippen LogP contribution in [0.5, 0.6) is 0 Å². The fourth-order valence-corrected chi connectivity index (χ4v) is 4.34. The molecule has 2 saturated heterocycles. The van der Waals surface area contributed by atoms with Crippen molar-refractivity contribution in [3.8, 4) is 0 Å². The van der Waals surface area contributed by atoms with Crippen LogP contribution in [-0.2, 0) is 11.3 Å². The van der Waals surface area contributed by atoms with Gasteiger partial charge in [0.05, 0.1) is 5.69 Å². The number of fused-ring (bicyclic) bond motifs is 1. The van der Waals surface area contributed by atoms with Crippen LogP contribution in [0.3, 0.4) is 0 Å². The maximum atomic E-state index is 13.4. The van der Waals surface area contributed by atoms with Crippen molar-refractivity contribution in [2.75, 3.05) is 0 Å².